The number of rotatable bonds is 7. The van der Waals surface area contributed by atoms with Crippen LogP contribution in [0.2, 0.25) is 0 Å². The summed E-state index contributed by atoms with van der Waals surface area (Å²) in [4.78, 5) is 15.5. The maximum Gasteiger partial charge on any atom is 0.573 e. The van der Waals surface area contributed by atoms with Gasteiger partial charge in [-0.2, -0.15) is 0 Å². The Morgan fingerprint density at radius 3 is 2.46 bits per heavy atom. The first kappa shape index (κ1) is 20.1. The quantitative estimate of drug-likeness (QED) is 0.733. The van der Waals surface area contributed by atoms with Crippen molar-refractivity contribution in [1.29, 1.82) is 0 Å². The number of carbonyl (C=O) groups excluding carboxylic acids is 1. The van der Waals surface area contributed by atoms with E-state index >= 15 is 0 Å². The number of thiazole rings is 1. The number of carbonyl (C=O) groups is 1. The molecule has 0 saturated carbocycles. The Kier molecular flexibility index (Phi) is 6.21. The Bertz CT molecular complexity index is 864. The van der Waals surface area contributed by atoms with E-state index in [0.29, 0.717) is 5.13 Å². The molecule has 0 aliphatic carbocycles. The number of aryl methyl sites for hydroxylation is 1. The molecule has 26 heavy (non-hydrogen) atoms. The third kappa shape index (κ3) is 6.28. The van der Waals surface area contributed by atoms with E-state index in [1.165, 1.54) is 11.3 Å². The Morgan fingerprint density at radius 1 is 1.27 bits per heavy atom. The van der Waals surface area contributed by atoms with Gasteiger partial charge in [0.15, 0.2) is 5.13 Å². The number of benzene rings is 1. The van der Waals surface area contributed by atoms with Crippen LogP contribution in [0.3, 0.4) is 0 Å². The monoisotopic (exact) mass is 409 g/mol. The fourth-order valence-corrected chi connectivity index (χ4v) is 3.53. The van der Waals surface area contributed by atoms with Crippen molar-refractivity contribution in [2.45, 2.75) is 24.6 Å². The highest BCUT2D eigenvalue weighted by Crippen LogP contribution is 2.23. The number of amides is 1. The summed E-state index contributed by atoms with van der Waals surface area (Å²) in [5.74, 6) is -0.953. The highest BCUT2D eigenvalue weighted by Gasteiger charge is 2.31. The Hall–Kier alpha value is -2.18. The smallest absolute Gasteiger partial charge is 0.406 e. The van der Waals surface area contributed by atoms with E-state index in [2.05, 4.69) is 19.8 Å². The first-order chi connectivity index (χ1) is 12.0. The number of halogens is 3. The third-order valence-electron chi connectivity index (χ3n) is 2.88. The molecule has 1 aromatic heterocycles. The first-order valence-electron chi connectivity index (χ1n) is 7.13. The molecule has 0 radical (unpaired) electrons. The summed E-state index contributed by atoms with van der Waals surface area (Å²) in [5, 5.41) is 4.70. The fourth-order valence-electron chi connectivity index (χ4n) is 1.80. The molecule has 1 heterocycles. The maximum absolute atomic E-state index is 12.1. The van der Waals surface area contributed by atoms with Crippen molar-refractivity contribution in [1.82, 2.24) is 9.71 Å². The molecule has 1 amide bonds. The summed E-state index contributed by atoms with van der Waals surface area (Å²) < 4.78 is 66.2. The second-order valence-electron chi connectivity index (χ2n) is 5.01. The summed E-state index contributed by atoms with van der Waals surface area (Å²) in [6.45, 7) is 1.59. The van der Waals surface area contributed by atoms with Gasteiger partial charge in [-0.15, -0.1) is 24.5 Å². The van der Waals surface area contributed by atoms with Crippen LogP contribution < -0.4 is 14.8 Å². The molecule has 0 saturated heterocycles. The van der Waals surface area contributed by atoms with Crippen LogP contribution in [0.25, 0.3) is 0 Å². The molecule has 12 heteroatoms. The van der Waals surface area contributed by atoms with Gasteiger partial charge in [-0.05, 0) is 31.2 Å². The van der Waals surface area contributed by atoms with Crippen LogP contribution in [-0.4, -0.2) is 32.2 Å². The molecule has 1 aromatic carbocycles. The molecule has 142 valence electrons. The van der Waals surface area contributed by atoms with E-state index in [1.54, 1.807) is 12.3 Å². The Labute approximate surface area is 151 Å². The lowest BCUT2D eigenvalue weighted by molar-refractivity contribution is -0.274. The molecular formula is C14H14F3N3O4S2. The van der Waals surface area contributed by atoms with Crippen LogP contribution in [0.5, 0.6) is 5.75 Å². The lowest BCUT2D eigenvalue weighted by Crippen LogP contribution is -2.27. The van der Waals surface area contributed by atoms with E-state index in [9.17, 15) is 26.4 Å². The minimum Gasteiger partial charge on any atom is -0.406 e. The molecule has 0 bridgehead atoms. The van der Waals surface area contributed by atoms with Gasteiger partial charge in [0.1, 0.15) is 5.75 Å². The summed E-state index contributed by atoms with van der Waals surface area (Å²) >= 11 is 1.25. The van der Waals surface area contributed by atoms with Crippen molar-refractivity contribution in [2.75, 3.05) is 11.9 Å². The average Bonchev–Trinajstić information content (AvgIpc) is 2.91. The molecule has 0 unspecified atom stereocenters. The molecule has 2 rings (SSSR count). The van der Waals surface area contributed by atoms with Gasteiger partial charge in [0.2, 0.25) is 15.9 Å². The van der Waals surface area contributed by atoms with Crippen molar-refractivity contribution in [3.63, 3.8) is 0 Å². The van der Waals surface area contributed by atoms with Crippen LogP contribution in [0.4, 0.5) is 18.3 Å². The van der Waals surface area contributed by atoms with Crippen molar-refractivity contribution in [3.05, 3.63) is 35.3 Å². The second-order valence-corrected chi connectivity index (χ2v) is 7.63. The summed E-state index contributed by atoms with van der Waals surface area (Å²) in [5.41, 5.74) is 0.754. The number of sulfonamides is 1. The zero-order chi connectivity index (χ0) is 19.4. The van der Waals surface area contributed by atoms with Crippen molar-refractivity contribution in [2.24, 2.45) is 0 Å². The van der Waals surface area contributed by atoms with Crippen LogP contribution >= 0.6 is 11.3 Å². The standard InChI is InChI=1S/C14H14F3N3O4S2/c1-9-8-25-13(19-9)20-12(21)6-7-18-26(22,23)11-4-2-10(3-5-11)24-14(15,16)17/h2-5,8,18H,6-7H2,1H3,(H,19,20,21). The van der Waals surface area contributed by atoms with Crippen molar-refractivity contribution in [3.8, 4) is 5.75 Å². The van der Waals surface area contributed by atoms with Gasteiger partial charge in [-0.25, -0.2) is 18.1 Å². The van der Waals surface area contributed by atoms with Gasteiger partial charge >= 0.3 is 6.36 Å². The molecule has 0 aliphatic rings. The lowest BCUT2D eigenvalue weighted by Gasteiger charge is -2.10. The van der Waals surface area contributed by atoms with Gasteiger partial charge in [-0.1, -0.05) is 0 Å². The molecule has 2 N–H and O–H groups in total. The van der Waals surface area contributed by atoms with E-state index in [1.807, 2.05) is 0 Å². The number of hydrogen-bond donors (Lipinski definition) is 2. The van der Waals surface area contributed by atoms with E-state index < -0.39 is 28.0 Å². The normalized spacial score (nSPS) is 12.0. The lowest BCUT2D eigenvalue weighted by atomic mass is 10.3. The molecule has 7 nitrogen and oxygen atoms in total. The number of nitrogens with one attached hydrogen (secondary N) is 2. The predicted molar refractivity (Wildman–Crippen MR) is 88.4 cm³/mol. The third-order valence-corrected chi connectivity index (χ3v) is 5.23. The van der Waals surface area contributed by atoms with Crippen molar-refractivity contribution >= 4 is 32.4 Å². The van der Waals surface area contributed by atoms with Crippen LogP contribution in [0, 0.1) is 6.92 Å². The van der Waals surface area contributed by atoms with E-state index in [-0.39, 0.29) is 17.9 Å². The predicted octanol–water partition coefficient (Wildman–Crippen LogP) is 2.66. The maximum atomic E-state index is 12.1. The first-order valence-corrected chi connectivity index (χ1v) is 9.49. The van der Waals surface area contributed by atoms with E-state index in [4.69, 9.17) is 0 Å². The summed E-state index contributed by atoms with van der Waals surface area (Å²) in [7, 11) is -3.96. The van der Waals surface area contributed by atoms with Gasteiger partial charge in [0.05, 0.1) is 10.6 Å². The Morgan fingerprint density at radius 2 is 1.92 bits per heavy atom. The number of alkyl halides is 3. The topological polar surface area (TPSA) is 97.4 Å². The highest BCUT2D eigenvalue weighted by atomic mass is 32.2. The van der Waals surface area contributed by atoms with Gasteiger partial charge in [0.25, 0.3) is 0 Å². The second kappa shape index (κ2) is 8.01. The van der Waals surface area contributed by atoms with E-state index in [0.717, 1.165) is 30.0 Å². The summed E-state index contributed by atoms with van der Waals surface area (Å²) in [6, 6.07) is 3.72. The number of aromatic nitrogens is 1. The molecule has 0 atom stereocenters. The highest BCUT2D eigenvalue weighted by molar-refractivity contribution is 7.89. The van der Waals surface area contributed by atoms with Crippen LogP contribution in [-0.2, 0) is 14.8 Å². The zero-order valence-electron chi connectivity index (χ0n) is 13.3. The SMILES string of the molecule is Cc1csc(NC(=O)CCNS(=O)(=O)c2ccc(OC(F)(F)F)cc2)n1. The number of nitrogens with zero attached hydrogens (tertiary/aromatic N) is 1. The molecule has 2 aromatic rings. The fraction of sp³-hybridized carbons (Fsp3) is 0.286. The molecule has 0 fully saturated rings. The minimum absolute atomic E-state index is 0.132. The summed E-state index contributed by atoms with van der Waals surface area (Å²) in [6.07, 6.45) is -4.99. The number of hydrogen-bond acceptors (Lipinski definition) is 6. The van der Waals surface area contributed by atoms with Gasteiger partial charge in [-0.3, -0.25) is 4.79 Å². The number of ether oxygens (including phenoxy) is 1. The molecular weight excluding hydrogens is 395 g/mol. The minimum atomic E-state index is -4.86. The largest absolute Gasteiger partial charge is 0.573 e. The number of anilines is 1. The van der Waals surface area contributed by atoms with Gasteiger partial charge < -0.3 is 10.1 Å². The molecule has 0 spiro atoms. The Balaban J connectivity index is 1.87. The van der Waals surface area contributed by atoms with Gasteiger partial charge in [0, 0.05) is 18.3 Å². The van der Waals surface area contributed by atoms with Crippen LogP contribution in [0.1, 0.15) is 12.1 Å². The molecule has 0 aliphatic heterocycles. The van der Waals surface area contributed by atoms with Crippen LogP contribution in [0.15, 0.2) is 34.5 Å². The zero-order valence-corrected chi connectivity index (χ0v) is 15.0. The average molecular weight is 409 g/mol. The van der Waals surface area contributed by atoms with Crippen molar-refractivity contribution < 1.29 is 31.1 Å².